The molecule has 4 rings (SSSR count). The van der Waals surface area contributed by atoms with E-state index in [1.807, 2.05) is 6.07 Å². The standard InChI is InChI=1S/C23H27N3O4S/c1-24-22(27)21-10-5-13-26(21)23(28)18-8-4-9-19(14-18)25-31(29,30)20-12-11-16-6-2-3-7-17(16)15-20/h4,8-9,11-12,14-15,21,25H,2-3,5-7,10,13H2,1H3,(H,24,27). The van der Waals surface area contributed by atoms with Gasteiger partial charge in [-0.1, -0.05) is 12.1 Å². The molecule has 2 aromatic rings. The van der Waals surface area contributed by atoms with E-state index < -0.39 is 16.1 Å². The lowest BCUT2D eigenvalue weighted by molar-refractivity contribution is -0.124. The number of benzene rings is 2. The fourth-order valence-electron chi connectivity index (χ4n) is 4.42. The summed E-state index contributed by atoms with van der Waals surface area (Å²) < 4.78 is 28.5. The summed E-state index contributed by atoms with van der Waals surface area (Å²) in [5.74, 6) is -0.462. The van der Waals surface area contributed by atoms with Crippen molar-refractivity contribution in [3.63, 3.8) is 0 Å². The Bertz CT molecular complexity index is 1110. The third-order valence-corrected chi connectivity index (χ3v) is 7.43. The lowest BCUT2D eigenvalue weighted by Crippen LogP contribution is -2.44. The molecule has 1 fully saturated rings. The van der Waals surface area contributed by atoms with Gasteiger partial charge >= 0.3 is 0 Å². The number of nitrogens with one attached hydrogen (secondary N) is 2. The molecule has 1 aliphatic heterocycles. The number of hydrogen-bond donors (Lipinski definition) is 2. The Morgan fingerprint density at radius 1 is 1.00 bits per heavy atom. The van der Waals surface area contributed by atoms with Crippen LogP contribution in [0, 0.1) is 0 Å². The second-order valence-electron chi connectivity index (χ2n) is 8.09. The van der Waals surface area contributed by atoms with Crippen molar-refractivity contribution < 1.29 is 18.0 Å². The van der Waals surface area contributed by atoms with Gasteiger partial charge in [0, 0.05) is 24.8 Å². The van der Waals surface area contributed by atoms with Crippen molar-refractivity contribution >= 4 is 27.5 Å². The van der Waals surface area contributed by atoms with Crippen LogP contribution in [0.5, 0.6) is 0 Å². The highest BCUT2D eigenvalue weighted by atomic mass is 32.2. The molecule has 164 valence electrons. The minimum Gasteiger partial charge on any atom is -0.357 e. The minimum atomic E-state index is -3.78. The van der Waals surface area contributed by atoms with Crippen molar-refractivity contribution in [1.29, 1.82) is 0 Å². The zero-order valence-electron chi connectivity index (χ0n) is 17.6. The van der Waals surface area contributed by atoms with E-state index in [1.54, 1.807) is 42.3 Å². The number of anilines is 1. The van der Waals surface area contributed by atoms with Crippen LogP contribution >= 0.6 is 0 Å². The molecule has 0 spiro atoms. The zero-order chi connectivity index (χ0) is 22.0. The average molecular weight is 442 g/mol. The van der Waals surface area contributed by atoms with Crippen molar-refractivity contribution in [2.45, 2.75) is 49.5 Å². The molecule has 1 saturated heterocycles. The number of carbonyl (C=O) groups excluding carboxylic acids is 2. The maximum Gasteiger partial charge on any atom is 0.261 e. The molecule has 0 aromatic heterocycles. The maximum atomic E-state index is 13.0. The van der Waals surface area contributed by atoms with Crippen molar-refractivity contribution in [2.24, 2.45) is 0 Å². The Hall–Kier alpha value is -2.87. The van der Waals surface area contributed by atoms with Gasteiger partial charge in [-0.25, -0.2) is 8.42 Å². The number of rotatable bonds is 5. The molecule has 1 atom stereocenters. The number of fused-ring (bicyclic) bond motifs is 1. The van der Waals surface area contributed by atoms with Crippen LogP contribution in [0.25, 0.3) is 0 Å². The fourth-order valence-corrected chi connectivity index (χ4v) is 5.52. The minimum absolute atomic E-state index is 0.185. The van der Waals surface area contributed by atoms with Gasteiger partial charge in [0.25, 0.3) is 15.9 Å². The van der Waals surface area contributed by atoms with Crippen molar-refractivity contribution in [1.82, 2.24) is 10.2 Å². The number of aryl methyl sites for hydroxylation is 2. The van der Waals surface area contributed by atoms with Gasteiger partial charge < -0.3 is 10.2 Å². The van der Waals surface area contributed by atoms with Crippen LogP contribution in [-0.2, 0) is 27.7 Å². The number of hydrogen-bond acceptors (Lipinski definition) is 4. The lowest BCUT2D eigenvalue weighted by atomic mass is 9.92. The van der Waals surface area contributed by atoms with Gasteiger partial charge in [0.05, 0.1) is 4.90 Å². The predicted octanol–water partition coefficient (Wildman–Crippen LogP) is 2.72. The topological polar surface area (TPSA) is 95.6 Å². The highest BCUT2D eigenvalue weighted by molar-refractivity contribution is 7.92. The first-order valence-electron chi connectivity index (χ1n) is 10.7. The first-order valence-corrected chi connectivity index (χ1v) is 12.1. The monoisotopic (exact) mass is 441 g/mol. The fraction of sp³-hybridized carbons (Fsp3) is 0.391. The summed E-state index contributed by atoms with van der Waals surface area (Å²) in [6.07, 6.45) is 5.47. The summed E-state index contributed by atoms with van der Waals surface area (Å²) >= 11 is 0. The van der Waals surface area contributed by atoms with Gasteiger partial charge in [0.2, 0.25) is 5.91 Å². The second kappa shape index (κ2) is 8.70. The van der Waals surface area contributed by atoms with Crippen molar-refractivity contribution in [3.8, 4) is 0 Å². The molecule has 1 heterocycles. The molecule has 31 heavy (non-hydrogen) atoms. The molecule has 0 bridgehead atoms. The molecule has 2 amide bonds. The largest absolute Gasteiger partial charge is 0.357 e. The zero-order valence-corrected chi connectivity index (χ0v) is 18.4. The number of carbonyl (C=O) groups is 2. The van der Waals surface area contributed by atoms with E-state index in [2.05, 4.69) is 10.0 Å². The third-order valence-electron chi connectivity index (χ3n) is 6.05. The van der Waals surface area contributed by atoms with Crippen molar-refractivity contribution in [2.75, 3.05) is 18.3 Å². The molecule has 7 nitrogen and oxygen atoms in total. The normalized spacial score (nSPS) is 18.4. The molecule has 2 N–H and O–H groups in total. The molecule has 1 unspecified atom stereocenters. The first kappa shape index (κ1) is 21.4. The molecular formula is C23H27N3O4S. The Labute approximate surface area is 182 Å². The van der Waals surface area contributed by atoms with E-state index in [0.29, 0.717) is 24.2 Å². The third kappa shape index (κ3) is 4.44. The highest BCUT2D eigenvalue weighted by Gasteiger charge is 2.34. The van der Waals surface area contributed by atoms with Gasteiger partial charge in [-0.3, -0.25) is 14.3 Å². The second-order valence-corrected chi connectivity index (χ2v) is 9.78. The Kier molecular flexibility index (Phi) is 6.00. The van der Waals surface area contributed by atoms with E-state index in [-0.39, 0.29) is 16.7 Å². The van der Waals surface area contributed by atoms with E-state index in [4.69, 9.17) is 0 Å². The quantitative estimate of drug-likeness (QED) is 0.746. The van der Waals surface area contributed by atoms with Gasteiger partial charge in [-0.15, -0.1) is 0 Å². The lowest BCUT2D eigenvalue weighted by Gasteiger charge is -2.23. The van der Waals surface area contributed by atoms with Crippen LogP contribution in [0.2, 0.25) is 0 Å². The SMILES string of the molecule is CNC(=O)C1CCCN1C(=O)c1cccc(NS(=O)(=O)c2ccc3c(c2)CCCC3)c1. The van der Waals surface area contributed by atoms with E-state index in [9.17, 15) is 18.0 Å². The molecule has 0 saturated carbocycles. The Morgan fingerprint density at radius 2 is 1.77 bits per heavy atom. The first-order chi connectivity index (χ1) is 14.9. The number of likely N-dealkylation sites (N-methyl/N-ethyl adjacent to an activating group) is 1. The van der Waals surface area contributed by atoms with Gasteiger partial charge in [-0.05, 0) is 80.0 Å². The highest BCUT2D eigenvalue weighted by Crippen LogP contribution is 2.26. The summed E-state index contributed by atoms with van der Waals surface area (Å²) in [7, 11) is -2.22. The molecule has 2 aliphatic rings. The molecule has 1 aliphatic carbocycles. The molecule has 2 aromatic carbocycles. The van der Waals surface area contributed by atoms with Gasteiger partial charge in [-0.2, -0.15) is 0 Å². The van der Waals surface area contributed by atoms with Crippen molar-refractivity contribution in [3.05, 3.63) is 59.2 Å². The maximum absolute atomic E-state index is 13.0. The smallest absolute Gasteiger partial charge is 0.261 e. The molecule has 8 heteroatoms. The summed E-state index contributed by atoms with van der Waals surface area (Å²) in [4.78, 5) is 26.8. The summed E-state index contributed by atoms with van der Waals surface area (Å²) in [6, 6.07) is 11.2. The number of likely N-dealkylation sites (tertiary alicyclic amines) is 1. The summed E-state index contributed by atoms with van der Waals surface area (Å²) in [5, 5.41) is 2.60. The molecule has 0 radical (unpaired) electrons. The van der Waals surface area contributed by atoms with Gasteiger partial charge in [0.15, 0.2) is 0 Å². The van der Waals surface area contributed by atoms with Crippen LogP contribution in [-0.4, -0.2) is 44.8 Å². The predicted molar refractivity (Wildman–Crippen MR) is 118 cm³/mol. The molecular weight excluding hydrogens is 414 g/mol. The number of nitrogens with zero attached hydrogens (tertiary/aromatic N) is 1. The van der Waals surface area contributed by atoms with Crippen LogP contribution in [0.4, 0.5) is 5.69 Å². The van der Waals surface area contributed by atoms with Crippen LogP contribution in [0.15, 0.2) is 47.4 Å². The average Bonchev–Trinajstić information content (AvgIpc) is 3.27. The van der Waals surface area contributed by atoms with E-state index in [1.165, 1.54) is 11.6 Å². The van der Waals surface area contributed by atoms with E-state index in [0.717, 1.165) is 37.7 Å². The number of amides is 2. The number of sulfonamides is 1. The van der Waals surface area contributed by atoms with E-state index >= 15 is 0 Å². The summed E-state index contributed by atoms with van der Waals surface area (Å²) in [6.45, 7) is 0.502. The Morgan fingerprint density at radius 3 is 2.55 bits per heavy atom. The summed E-state index contributed by atoms with van der Waals surface area (Å²) in [5.41, 5.74) is 2.97. The van der Waals surface area contributed by atoms with Crippen LogP contribution in [0.3, 0.4) is 0 Å². The van der Waals surface area contributed by atoms with Crippen LogP contribution < -0.4 is 10.0 Å². The van der Waals surface area contributed by atoms with Crippen LogP contribution in [0.1, 0.15) is 47.2 Å². The van der Waals surface area contributed by atoms with Gasteiger partial charge in [0.1, 0.15) is 6.04 Å². The Balaban J connectivity index is 1.54.